The monoisotopic (exact) mass is 225 g/mol. The number of hydrogen-bond donors (Lipinski definition) is 1. The molecule has 0 saturated heterocycles. The molecule has 0 bridgehead atoms. The number of rotatable bonds is 6. The van der Waals surface area contributed by atoms with Gasteiger partial charge in [0.2, 0.25) is 0 Å². The van der Waals surface area contributed by atoms with Crippen molar-refractivity contribution in [1.82, 2.24) is 5.32 Å². The minimum atomic E-state index is 0.571. The van der Waals surface area contributed by atoms with Crippen molar-refractivity contribution in [1.29, 1.82) is 0 Å². The molecule has 0 radical (unpaired) electrons. The number of nitrogens with one attached hydrogen (secondary N) is 1. The van der Waals surface area contributed by atoms with Crippen LogP contribution >= 0.6 is 11.6 Å². The van der Waals surface area contributed by atoms with Crippen molar-refractivity contribution in [2.24, 2.45) is 0 Å². The van der Waals surface area contributed by atoms with Crippen molar-refractivity contribution < 1.29 is 0 Å². The minimum absolute atomic E-state index is 0.571. The Balaban J connectivity index is 2.33. The molecule has 1 nitrogen and oxygen atoms in total. The van der Waals surface area contributed by atoms with Crippen LogP contribution in [0.15, 0.2) is 24.3 Å². The van der Waals surface area contributed by atoms with E-state index in [1.165, 1.54) is 24.8 Å². The van der Waals surface area contributed by atoms with Gasteiger partial charge in [0.25, 0.3) is 0 Å². The zero-order valence-corrected chi connectivity index (χ0v) is 10.3. The number of hydrogen-bond acceptors (Lipinski definition) is 1. The molecule has 1 N–H and O–H groups in total. The first kappa shape index (κ1) is 12.5. The molecule has 1 rings (SSSR count). The topological polar surface area (TPSA) is 12.0 Å². The largest absolute Gasteiger partial charge is 0.310 e. The van der Waals surface area contributed by atoms with Gasteiger partial charge in [-0.1, -0.05) is 49.6 Å². The molecule has 1 unspecified atom stereocenters. The maximum Gasteiger partial charge on any atom is 0.0450 e. The third-order valence-corrected chi connectivity index (χ3v) is 2.96. The lowest BCUT2D eigenvalue weighted by Gasteiger charge is -2.13. The first-order chi connectivity index (χ1) is 7.24. The number of benzene rings is 1. The maximum absolute atomic E-state index is 6.07. The summed E-state index contributed by atoms with van der Waals surface area (Å²) < 4.78 is 0. The second kappa shape index (κ2) is 6.86. The Kier molecular flexibility index (Phi) is 5.74. The second-order valence-electron chi connectivity index (χ2n) is 4.02. The van der Waals surface area contributed by atoms with Crippen molar-refractivity contribution in [3.8, 4) is 0 Å². The summed E-state index contributed by atoms with van der Waals surface area (Å²) in [5.41, 5.74) is 1.18. The Morgan fingerprint density at radius 2 is 2.07 bits per heavy atom. The predicted molar refractivity (Wildman–Crippen MR) is 67.3 cm³/mol. The van der Waals surface area contributed by atoms with Gasteiger partial charge in [0.05, 0.1) is 0 Å². The molecule has 2 heteroatoms. The Bertz CT molecular complexity index is 286. The van der Waals surface area contributed by atoms with Crippen molar-refractivity contribution in [3.05, 3.63) is 34.9 Å². The maximum atomic E-state index is 6.07. The van der Waals surface area contributed by atoms with Crippen LogP contribution in [0.3, 0.4) is 0 Å². The summed E-state index contributed by atoms with van der Waals surface area (Å²) in [7, 11) is 0. The summed E-state index contributed by atoms with van der Waals surface area (Å²) in [4.78, 5) is 0. The molecule has 0 saturated carbocycles. The Hall–Kier alpha value is -0.530. The van der Waals surface area contributed by atoms with Crippen LogP contribution in [-0.2, 0) is 6.54 Å². The highest BCUT2D eigenvalue weighted by Crippen LogP contribution is 2.14. The van der Waals surface area contributed by atoms with Gasteiger partial charge in [0.1, 0.15) is 0 Å². The minimum Gasteiger partial charge on any atom is -0.310 e. The van der Waals surface area contributed by atoms with Gasteiger partial charge in [-0.15, -0.1) is 0 Å². The van der Waals surface area contributed by atoms with E-state index in [9.17, 15) is 0 Å². The smallest absolute Gasteiger partial charge is 0.0450 e. The van der Waals surface area contributed by atoms with Gasteiger partial charge in [-0.2, -0.15) is 0 Å². The van der Waals surface area contributed by atoms with Crippen molar-refractivity contribution in [2.45, 2.75) is 45.7 Å². The van der Waals surface area contributed by atoms with Crippen LogP contribution in [-0.4, -0.2) is 6.04 Å². The van der Waals surface area contributed by atoms with E-state index in [0.29, 0.717) is 6.04 Å². The van der Waals surface area contributed by atoms with E-state index in [-0.39, 0.29) is 0 Å². The molecule has 0 amide bonds. The van der Waals surface area contributed by atoms with Crippen molar-refractivity contribution in [3.63, 3.8) is 0 Å². The normalized spacial score (nSPS) is 12.7. The summed E-state index contributed by atoms with van der Waals surface area (Å²) in [6.07, 6.45) is 3.79. The van der Waals surface area contributed by atoms with E-state index in [0.717, 1.165) is 11.6 Å². The zero-order valence-electron chi connectivity index (χ0n) is 9.59. The molecular formula is C13H20ClN. The van der Waals surface area contributed by atoms with Crippen LogP contribution in [0.25, 0.3) is 0 Å². The predicted octanol–water partition coefficient (Wildman–Crippen LogP) is 4.01. The van der Waals surface area contributed by atoms with Crippen LogP contribution in [0.5, 0.6) is 0 Å². The lowest BCUT2D eigenvalue weighted by molar-refractivity contribution is 0.495. The zero-order chi connectivity index (χ0) is 11.1. The lowest BCUT2D eigenvalue weighted by Crippen LogP contribution is -2.25. The molecular weight excluding hydrogens is 206 g/mol. The molecule has 0 aliphatic rings. The average molecular weight is 226 g/mol. The van der Waals surface area contributed by atoms with Crippen LogP contribution in [0.2, 0.25) is 5.02 Å². The standard InChI is InChI=1S/C13H20ClN/c1-3-4-7-11(2)15-10-12-8-5-6-9-13(12)14/h5-6,8-9,11,15H,3-4,7,10H2,1-2H3. The van der Waals surface area contributed by atoms with Crippen LogP contribution in [0.4, 0.5) is 0 Å². The van der Waals surface area contributed by atoms with Gasteiger partial charge in [-0.05, 0) is 25.0 Å². The third-order valence-electron chi connectivity index (χ3n) is 2.59. The highest BCUT2D eigenvalue weighted by molar-refractivity contribution is 6.31. The first-order valence-corrected chi connectivity index (χ1v) is 6.08. The van der Waals surface area contributed by atoms with E-state index < -0.39 is 0 Å². The van der Waals surface area contributed by atoms with Crippen LogP contribution in [0, 0.1) is 0 Å². The molecule has 1 aromatic carbocycles. The van der Waals surface area contributed by atoms with Gasteiger partial charge in [0, 0.05) is 17.6 Å². The third kappa shape index (κ3) is 4.67. The molecule has 0 fully saturated rings. The highest BCUT2D eigenvalue weighted by atomic mass is 35.5. The van der Waals surface area contributed by atoms with E-state index in [1.54, 1.807) is 0 Å². The summed E-state index contributed by atoms with van der Waals surface area (Å²) in [5.74, 6) is 0. The molecule has 1 atom stereocenters. The summed E-state index contributed by atoms with van der Waals surface area (Å²) in [5, 5.41) is 4.34. The fourth-order valence-electron chi connectivity index (χ4n) is 1.54. The molecule has 0 aromatic heterocycles. The Morgan fingerprint density at radius 3 is 2.73 bits per heavy atom. The number of halogens is 1. The molecule has 15 heavy (non-hydrogen) atoms. The Labute approximate surface area is 97.8 Å². The fraction of sp³-hybridized carbons (Fsp3) is 0.538. The quantitative estimate of drug-likeness (QED) is 0.772. The highest BCUT2D eigenvalue weighted by Gasteiger charge is 2.02. The van der Waals surface area contributed by atoms with Gasteiger partial charge in [0.15, 0.2) is 0 Å². The summed E-state index contributed by atoms with van der Waals surface area (Å²) in [6, 6.07) is 8.57. The summed E-state index contributed by atoms with van der Waals surface area (Å²) in [6.45, 7) is 5.32. The van der Waals surface area contributed by atoms with E-state index in [1.807, 2.05) is 18.2 Å². The van der Waals surface area contributed by atoms with E-state index in [2.05, 4.69) is 25.2 Å². The second-order valence-corrected chi connectivity index (χ2v) is 4.42. The molecule has 84 valence electrons. The lowest BCUT2D eigenvalue weighted by atomic mass is 10.1. The first-order valence-electron chi connectivity index (χ1n) is 5.70. The van der Waals surface area contributed by atoms with Crippen LogP contribution < -0.4 is 5.32 Å². The molecule has 0 spiro atoms. The Morgan fingerprint density at radius 1 is 1.33 bits per heavy atom. The van der Waals surface area contributed by atoms with Gasteiger partial charge in [-0.3, -0.25) is 0 Å². The molecule has 1 aromatic rings. The number of unbranched alkanes of at least 4 members (excludes halogenated alkanes) is 1. The molecule has 0 aliphatic carbocycles. The van der Waals surface area contributed by atoms with Gasteiger partial charge < -0.3 is 5.32 Å². The van der Waals surface area contributed by atoms with Gasteiger partial charge >= 0.3 is 0 Å². The molecule has 0 heterocycles. The van der Waals surface area contributed by atoms with Crippen LogP contribution in [0.1, 0.15) is 38.7 Å². The van der Waals surface area contributed by atoms with Crippen molar-refractivity contribution in [2.75, 3.05) is 0 Å². The fourth-order valence-corrected chi connectivity index (χ4v) is 1.74. The SMILES string of the molecule is CCCCC(C)NCc1ccccc1Cl. The van der Waals surface area contributed by atoms with Crippen molar-refractivity contribution >= 4 is 11.6 Å². The molecule has 0 aliphatic heterocycles. The summed E-state index contributed by atoms with van der Waals surface area (Å²) >= 11 is 6.07. The van der Waals surface area contributed by atoms with E-state index in [4.69, 9.17) is 11.6 Å². The van der Waals surface area contributed by atoms with E-state index >= 15 is 0 Å². The average Bonchev–Trinajstić information content (AvgIpc) is 2.25. The van der Waals surface area contributed by atoms with Gasteiger partial charge in [-0.25, -0.2) is 0 Å².